The minimum Gasteiger partial charge on any atom is -0.352 e. The molecule has 1 amide bonds. The molecule has 1 aromatic heterocycles. The van der Waals surface area contributed by atoms with Gasteiger partial charge >= 0.3 is 0 Å². The molecule has 1 aliphatic heterocycles. The Bertz CT molecular complexity index is 792. The van der Waals surface area contributed by atoms with Crippen LogP contribution in [-0.4, -0.2) is 46.8 Å². The van der Waals surface area contributed by atoms with Gasteiger partial charge in [-0.25, -0.2) is 9.07 Å². The molecule has 0 spiro atoms. The van der Waals surface area contributed by atoms with Gasteiger partial charge in [-0.15, -0.1) is 0 Å². The van der Waals surface area contributed by atoms with E-state index in [1.54, 1.807) is 23.0 Å². The van der Waals surface area contributed by atoms with Gasteiger partial charge in [0, 0.05) is 6.54 Å². The second-order valence-corrected chi connectivity index (χ2v) is 8.47. The number of carbonyl (C=O) groups excluding carboxylic acids is 1. The van der Waals surface area contributed by atoms with Crippen LogP contribution in [0.3, 0.4) is 0 Å². The molecule has 1 aromatic carbocycles. The Morgan fingerprint density at radius 2 is 1.90 bits per heavy atom. The molecule has 1 fully saturated rings. The van der Waals surface area contributed by atoms with Gasteiger partial charge in [-0.05, 0) is 81.4 Å². The van der Waals surface area contributed by atoms with Crippen LogP contribution in [0.25, 0.3) is 5.69 Å². The first-order valence-corrected chi connectivity index (χ1v) is 10.8. The van der Waals surface area contributed by atoms with Crippen LogP contribution in [0, 0.1) is 11.7 Å². The molecule has 0 bridgehead atoms. The van der Waals surface area contributed by atoms with Gasteiger partial charge in [0.1, 0.15) is 5.82 Å². The summed E-state index contributed by atoms with van der Waals surface area (Å²) >= 11 is 0. The number of likely N-dealkylation sites (tertiary alicyclic amines) is 1. The smallest absolute Gasteiger partial charge is 0.254 e. The molecule has 1 saturated heterocycles. The van der Waals surface area contributed by atoms with E-state index in [1.165, 1.54) is 38.1 Å². The van der Waals surface area contributed by atoms with Crippen molar-refractivity contribution in [3.8, 4) is 5.69 Å². The van der Waals surface area contributed by atoms with Crippen molar-refractivity contribution in [1.29, 1.82) is 0 Å². The van der Waals surface area contributed by atoms with Gasteiger partial charge in [0.2, 0.25) is 0 Å². The Labute approximate surface area is 173 Å². The summed E-state index contributed by atoms with van der Waals surface area (Å²) in [6, 6.07) is 6.17. The number of halogens is 1. The molecular formula is C23H33FN4O. The van der Waals surface area contributed by atoms with E-state index >= 15 is 0 Å². The second-order valence-electron chi connectivity index (χ2n) is 8.47. The summed E-state index contributed by atoms with van der Waals surface area (Å²) < 4.78 is 15.0. The van der Waals surface area contributed by atoms with Gasteiger partial charge in [0.15, 0.2) is 0 Å². The highest BCUT2D eigenvalue weighted by atomic mass is 19.1. The number of hydrogen-bond donors (Lipinski definition) is 1. The highest BCUT2D eigenvalue weighted by Crippen LogP contribution is 2.23. The third kappa shape index (κ3) is 5.66. The number of piperidine rings is 1. The van der Waals surface area contributed by atoms with Crippen molar-refractivity contribution in [2.75, 3.05) is 26.2 Å². The lowest BCUT2D eigenvalue weighted by Gasteiger charge is -2.30. The monoisotopic (exact) mass is 400 g/mol. The summed E-state index contributed by atoms with van der Waals surface area (Å²) in [7, 11) is 0. The number of unbranched alkanes of at least 4 members (excludes halogenated alkanes) is 1. The number of benzene rings is 1. The van der Waals surface area contributed by atoms with Gasteiger partial charge in [-0.3, -0.25) is 4.79 Å². The van der Waals surface area contributed by atoms with Crippen molar-refractivity contribution in [3.05, 3.63) is 47.5 Å². The fourth-order valence-electron chi connectivity index (χ4n) is 3.92. The van der Waals surface area contributed by atoms with Crippen LogP contribution in [0.2, 0.25) is 0 Å². The number of carbonyl (C=O) groups is 1. The first-order valence-electron chi connectivity index (χ1n) is 10.8. The summed E-state index contributed by atoms with van der Waals surface area (Å²) in [6.45, 7) is 10.6. The largest absolute Gasteiger partial charge is 0.352 e. The highest BCUT2D eigenvalue weighted by molar-refractivity contribution is 5.95. The average Bonchev–Trinajstić information content (AvgIpc) is 3.15. The molecule has 1 aliphatic rings. The van der Waals surface area contributed by atoms with Crippen molar-refractivity contribution in [3.63, 3.8) is 0 Å². The third-order valence-corrected chi connectivity index (χ3v) is 5.73. The first-order chi connectivity index (χ1) is 14.0. The minimum absolute atomic E-state index is 0.0890. The van der Waals surface area contributed by atoms with Crippen LogP contribution in [-0.2, 0) is 0 Å². The van der Waals surface area contributed by atoms with Gasteiger partial charge in [0.25, 0.3) is 5.91 Å². The quantitative estimate of drug-likeness (QED) is 0.669. The zero-order chi connectivity index (χ0) is 20.8. The molecule has 0 saturated carbocycles. The van der Waals surface area contributed by atoms with E-state index in [2.05, 4.69) is 22.2 Å². The summed E-state index contributed by atoms with van der Waals surface area (Å²) in [5.41, 5.74) is 2.19. The topological polar surface area (TPSA) is 50.2 Å². The molecule has 0 unspecified atom stereocenters. The van der Waals surface area contributed by atoms with Crippen molar-refractivity contribution >= 4 is 5.91 Å². The van der Waals surface area contributed by atoms with Crippen molar-refractivity contribution in [1.82, 2.24) is 20.0 Å². The van der Waals surface area contributed by atoms with E-state index in [9.17, 15) is 9.18 Å². The van der Waals surface area contributed by atoms with Gasteiger partial charge in [-0.2, -0.15) is 5.10 Å². The number of nitrogens with one attached hydrogen (secondary N) is 1. The van der Waals surface area contributed by atoms with Crippen LogP contribution >= 0.6 is 0 Å². The Kier molecular flexibility index (Phi) is 7.42. The van der Waals surface area contributed by atoms with Crippen molar-refractivity contribution < 1.29 is 9.18 Å². The zero-order valence-corrected chi connectivity index (χ0v) is 17.8. The van der Waals surface area contributed by atoms with Gasteiger partial charge in [-0.1, -0.05) is 20.8 Å². The SMILES string of the molecule is CC1CCN(CCCCNC(=O)c2cnn(-c3ccc(F)cc3)c2C(C)C)CC1. The van der Waals surface area contributed by atoms with Crippen LogP contribution in [0.4, 0.5) is 4.39 Å². The molecule has 3 rings (SSSR count). The van der Waals surface area contributed by atoms with E-state index in [0.29, 0.717) is 12.1 Å². The maximum absolute atomic E-state index is 13.2. The molecule has 0 aliphatic carbocycles. The molecule has 0 atom stereocenters. The molecule has 0 radical (unpaired) electrons. The maximum Gasteiger partial charge on any atom is 0.254 e. The molecule has 2 heterocycles. The summed E-state index contributed by atoms with van der Waals surface area (Å²) in [5.74, 6) is 0.596. The van der Waals surface area contributed by atoms with Crippen LogP contribution < -0.4 is 5.32 Å². The lowest BCUT2D eigenvalue weighted by atomic mass is 9.99. The Hall–Kier alpha value is -2.21. The summed E-state index contributed by atoms with van der Waals surface area (Å²) in [5, 5.41) is 7.44. The lowest BCUT2D eigenvalue weighted by molar-refractivity contribution is 0.0951. The fourth-order valence-corrected chi connectivity index (χ4v) is 3.92. The highest BCUT2D eigenvalue weighted by Gasteiger charge is 2.21. The zero-order valence-electron chi connectivity index (χ0n) is 17.8. The maximum atomic E-state index is 13.2. The predicted molar refractivity (Wildman–Crippen MR) is 114 cm³/mol. The third-order valence-electron chi connectivity index (χ3n) is 5.73. The van der Waals surface area contributed by atoms with Gasteiger partial charge < -0.3 is 10.2 Å². The van der Waals surface area contributed by atoms with E-state index in [4.69, 9.17) is 0 Å². The molecular weight excluding hydrogens is 367 g/mol. The standard InChI is InChI=1S/C23H33FN4O/c1-17(2)22-21(16-26-28(22)20-8-6-19(24)7-9-20)23(29)25-12-4-5-13-27-14-10-18(3)11-15-27/h6-9,16-18H,4-5,10-15H2,1-3H3,(H,25,29). The van der Waals surface area contributed by atoms with E-state index < -0.39 is 0 Å². The Morgan fingerprint density at radius 3 is 2.55 bits per heavy atom. The lowest BCUT2D eigenvalue weighted by Crippen LogP contribution is -2.34. The predicted octanol–water partition coefficient (Wildman–Crippen LogP) is 4.38. The summed E-state index contributed by atoms with van der Waals surface area (Å²) in [6.07, 6.45) is 6.28. The van der Waals surface area contributed by atoms with E-state index in [1.807, 2.05) is 13.8 Å². The Balaban J connectivity index is 1.53. The number of rotatable bonds is 8. The minimum atomic E-state index is -0.288. The van der Waals surface area contributed by atoms with Gasteiger partial charge in [0.05, 0.1) is 23.1 Å². The summed E-state index contributed by atoms with van der Waals surface area (Å²) in [4.78, 5) is 15.3. The van der Waals surface area contributed by atoms with Crippen molar-refractivity contribution in [2.45, 2.75) is 52.4 Å². The normalized spacial score (nSPS) is 15.8. The molecule has 158 valence electrons. The number of hydrogen-bond acceptors (Lipinski definition) is 3. The first kappa shape index (κ1) is 21.5. The van der Waals surface area contributed by atoms with Crippen LogP contribution in [0.5, 0.6) is 0 Å². The molecule has 29 heavy (non-hydrogen) atoms. The second kappa shape index (κ2) is 10.0. The fraction of sp³-hybridized carbons (Fsp3) is 0.565. The number of amides is 1. The van der Waals surface area contributed by atoms with E-state index in [0.717, 1.165) is 36.7 Å². The number of nitrogens with zero attached hydrogens (tertiary/aromatic N) is 3. The molecule has 5 nitrogen and oxygen atoms in total. The van der Waals surface area contributed by atoms with Crippen LogP contribution in [0.15, 0.2) is 30.5 Å². The Morgan fingerprint density at radius 1 is 1.21 bits per heavy atom. The molecule has 6 heteroatoms. The average molecular weight is 401 g/mol. The van der Waals surface area contributed by atoms with Crippen molar-refractivity contribution in [2.24, 2.45) is 5.92 Å². The molecule has 2 aromatic rings. The molecule has 1 N–H and O–H groups in total. The number of aromatic nitrogens is 2. The van der Waals surface area contributed by atoms with E-state index in [-0.39, 0.29) is 17.6 Å². The van der Waals surface area contributed by atoms with Crippen LogP contribution in [0.1, 0.15) is 68.4 Å².